The van der Waals surface area contributed by atoms with Gasteiger partial charge in [0, 0.05) is 11.8 Å². The van der Waals surface area contributed by atoms with Crippen LogP contribution in [0.1, 0.15) is 27.2 Å². The van der Waals surface area contributed by atoms with Crippen LogP contribution in [-0.2, 0) is 9.84 Å². The lowest BCUT2D eigenvalue weighted by atomic mass is 10.1. The molecule has 0 aliphatic rings. The van der Waals surface area contributed by atoms with Crippen molar-refractivity contribution in [1.29, 1.82) is 0 Å². The van der Waals surface area contributed by atoms with Crippen molar-refractivity contribution < 1.29 is 13.5 Å². The van der Waals surface area contributed by atoms with Gasteiger partial charge in [0.15, 0.2) is 0 Å². The van der Waals surface area contributed by atoms with Crippen LogP contribution >= 0.6 is 0 Å². The van der Waals surface area contributed by atoms with Crippen molar-refractivity contribution in [2.24, 2.45) is 5.92 Å². The van der Waals surface area contributed by atoms with Gasteiger partial charge in [-0.15, -0.1) is 0 Å². The summed E-state index contributed by atoms with van der Waals surface area (Å²) in [4.78, 5) is 0. The second-order valence-electron chi connectivity index (χ2n) is 4.08. The maximum atomic E-state index is 11.2. The Morgan fingerprint density at radius 2 is 1.93 bits per heavy atom. The third-order valence-corrected chi connectivity index (χ3v) is 4.27. The summed E-state index contributed by atoms with van der Waals surface area (Å²) in [6, 6.07) is 0.0642. The summed E-state index contributed by atoms with van der Waals surface area (Å²) in [5.74, 6) is 0.797. The monoisotopic (exact) mass is 237 g/mol. The highest BCUT2D eigenvalue weighted by atomic mass is 32.2. The minimum absolute atomic E-state index is 0.0642. The van der Waals surface area contributed by atoms with Crippen LogP contribution in [0, 0.1) is 5.92 Å². The van der Waals surface area contributed by atoms with E-state index in [-0.39, 0.29) is 24.2 Å². The molecule has 0 aromatic carbocycles. The van der Waals surface area contributed by atoms with Crippen molar-refractivity contribution in [3.8, 4) is 0 Å². The largest absolute Gasteiger partial charge is 0.395 e. The van der Waals surface area contributed by atoms with E-state index < -0.39 is 9.84 Å². The summed E-state index contributed by atoms with van der Waals surface area (Å²) in [5.41, 5.74) is 0. The fraction of sp³-hybridized carbons (Fsp3) is 1.00. The molecule has 0 saturated heterocycles. The number of sulfone groups is 1. The zero-order valence-corrected chi connectivity index (χ0v) is 10.7. The van der Waals surface area contributed by atoms with Gasteiger partial charge in [-0.2, -0.15) is 0 Å². The van der Waals surface area contributed by atoms with Crippen molar-refractivity contribution in [3.05, 3.63) is 0 Å². The Morgan fingerprint density at radius 3 is 2.33 bits per heavy atom. The standard InChI is InChI=1S/C10H23NO3S/c1-4-15(13,14)7-5-6-11-10(8-12)9(2)3/h9-12H,4-8H2,1-3H3. The molecule has 0 aromatic rings. The average Bonchev–Trinajstić information content (AvgIpc) is 2.17. The van der Waals surface area contributed by atoms with E-state index in [1.807, 2.05) is 13.8 Å². The van der Waals surface area contributed by atoms with E-state index in [9.17, 15) is 8.42 Å². The summed E-state index contributed by atoms with van der Waals surface area (Å²) < 4.78 is 22.3. The summed E-state index contributed by atoms with van der Waals surface area (Å²) >= 11 is 0. The van der Waals surface area contributed by atoms with Gasteiger partial charge in [-0.05, 0) is 18.9 Å². The second kappa shape index (κ2) is 7.19. The molecule has 15 heavy (non-hydrogen) atoms. The number of hydrogen-bond donors (Lipinski definition) is 2. The van der Waals surface area contributed by atoms with E-state index in [2.05, 4.69) is 5.32 Å². The van der Waals surface area contributed by atoms with Gasteiger partial charge in [0.1, 0.15) is 9.84 Å². The van der Waals surface area contributed by atoms with Crippen molar-refractivity contribution in [2.75, 3.05) is 24.7 Å². The molecule has 0 aromatic heterocycles. The Labute approximate surface area is 93.0 Å². The van der Waals surface area contributed by atoms with Crippen LogP contribution in [0.25, 0.3) is 0 Å². The first-order chi connectivity index (χ1) is 6.93. The fourth-order valence-electron chi connectivity index (χ4n) is 1.23. The first kappa shape index (κ1) is 14.9. The molecule has 1 atom stereocenters. The third-order valence-electron chi connectivity index (χ3n) is 2.48. The molecule has 0 bridgehead atoms. The molecule has 0 radical (unpaired) electrons. The van der Waals surface area contributed by atoms with Crippen molar-refractivity contribution in [3.63, 3.8) is 0 Å². The first-order valence-electron chi connectivity index (χ1n) is 5.47. The number of nitrogens with one attached hydrogen (secondary N) is 1. The van der Waals surface area contributed by atoms with E-state index in [1.54, 1.807) is 6.92 Å². The van der Waals surface area contributed by atoms with Gasteiger partial charge in [0.2, 0.25) is 0 Å². The Kier molecular flexibility index (Phi) is 7.13. The van der Waals surface area contributed by atoms with Crippen LogP contribution in [0.5, 0.6) is 0 Å². The lowest BCUT2D eigenvalue weighted by molar-refractivity contribution is 0.211. The number of aliphatic hydroxyl groups is 1. The zero-order chi connectivity index (χ0) is 11.9. The topological polar surface area (TPSA) is 66.4 Å². The first-order valence-corrected chi connectivity index (χ1v) is 7.29. The Hall–Kier alpha value is -0.130. The maximum Gasteiger partial charge on any atom is 0.150 e. The minimum atomic E-state index is -2.85. The molecule has 2 N–H and O–H groups in total. The van der Waals surface area contributed by atoms with Crippen LogP contribution < -0.4 is 5.32 Å². The lowest BCUT2D eigenvalue weighted by Gasteiger charge is -2.19. The van der Waals surface area contributed by atoms with Gasteiger partial charge in [-0.25, -0.2) is 8.42 Å². The highest BCUT2D eigenvalue weighted by molar-refractivity contribution is 7.91. The highest BCUT2D eigenvalue weighted by Crippen LogP contribution is 2.00. The van der Waals surface area contributed by atoms with Crippen LogP contribution in [0.3, 0.4) is 0 Å². The Morgan fingerprint density at radius 1 is 1.33 bits per heavy atom. The normalized spacial score (nSPS) is 14.5. The minimum Gasteiger partial charge on any atom is -0.395 e. The predicted octanol–water partition coefficient (Wildman–Crippen LogP) is 0.418. The SMILES string of the molecule is CCS(=O)(=O)CCCNC(CO)C(C)C. The van der Waals surface area contributed by atoms with Gasteiger partial charge in [-0.1, -0.05) is 20.8 Å². The van der Waals surface area contributed by atoms with E-state index in [1.165, 1.54) is 0 Å². The van der Waals surface area contributed by atoms with Gasteiger partial charge in [0.25, 0.3) is 0 Å². The molecule has 0 fully saturated rings. The van der Waals surface area contributed by atoms with Gasteiger partial charge in [0.05, 0.1) is 12.4 Å². The Balaban J connectivity index is 3.71. The molecular formula is C10H23NO3S. The van der Waals surface area contributed by atoms with Crippen molar-refractivity contribution in [2.45, 2.75) is 33.2 Å². The lowest BCUT2D eigenvalue weighted by Crippen LogP contribution is -2.38. The predicted molar refractivity (Wildman–Crippen MR) is 62.7 cm³/mol. The van der Waals surface area contributed by atoms with Gasteiger partial charge >= 0.3 is 0 Å². The molecule has 0 aliphatic heterocycles. The number of hydrogen-bond acceptors (Lipinski definition) is 4. The summed E-state index contributed by atoms with van der Waals surface area (Å²) in [7, 11) is -2.85. The molecule has 1 unspecified atom stereocenters. The molecule has 0 heterocycles. The average molecular weight is 237 g/mol. The molecule has 0 saturated carbocycles. The molecule has 0 amide bonds. The van der Waals surface area contributed by atoms with Crippen LogP contribution in [0.4, 0.5) is 0 Å². The third kappa shape index (κ3) is 6.87. The van der Waals surface area contributed by atoms with Gasteiger partial charge < -0.3 is 10.4 Å². The van der Waals surface area contributed by atoms with E-state index in [4.69, 9.17) is 5.11 Å². The van der Waals surface area contributed by atoms with Gasteiger partial charge in [-0.3, -0.25) is 0 Å². The van der Waals surface area contributed by atoms with Crippen molar-refractivity contribution in [1.82, 2.24) is 5.32 Å². The molecule has 4 nitrogen and oxygen atoms in total. The molecular weight excluding hydrogens is 214 g/mol. The number of aliphatic hydroxyl groups excluding tert-OH is 1. The molecule has 92 valence electrons. The van der Waals surface area contributed by atoms with Crippen LogP contribution in [-0.4, -0.2) is 44.2 Å². The summed E-state index contributed by atoms with van der Waals surface area (Å²) in [5, 5.41) is 12.2. The van der Waals surface area contributed by atoms with E-state index in [0.717, 1.165) is 0 Å². The van der Waals surface area contributed by atoms with Crippen LogP contribution in [0.15, 0.2) is 0 Å². The highest BCUT2D eigenvalue weighted by Gasteiger charge is 2.11. The fourth-order valence-corrected chi connectivity index (χ4v) is 2.11. The maximum absolute atomic E-state index is 11.2. The quantitative estimate of drug-likeness (QED) is 0.600. The molecule has 0 rings (SSSR count). The summed E-state index contributed by atoms with van der Waals surface area (Å²) in [6.45, 7) is 6.45. The summed E-state index contributed by atoms with van der Waals surface area (Å²) in [6.07, 6.45) is 0.611. The second-order valence-corrected chi connectivity index (χ2v) is 6.55. The molecule has 5 heteroatoms. The van der Waals surface area contributed by atoms with Crippen LogP contribution in [0.2, 0.25) is 0 Å². The zero-order valence-electron chi connectivity index (χ0n) is 9.86. The van der Waals surface area contributed by atoms with E-state index >= 15 is 0 Å². The smallest absolute Gasteiger partial charge is 0.150 e. The molecule has 0 aliphatic carbocycles. The Bertz CT molecular complexity index is 249. The number of rotatable bonds is 8. The van der Waals surface area contributed by atoms with Crippen molar-refractivity contribution >= 4 is 9.84 Å². The molecule has 0 spiro atoms. The van der Waals surface area contributed by atoms with E-state index in [0.29, 0.717) is 18.9 Å².